The molecule has 0 aromatic heterocycles. The minimum atomic E-state index is -0.849. The largest absolute Gasteiger partial charge is 0.493 e. The van der Waals surface area contributed by atoms with Gasteiger partial charge in [0, 0.05) is 6.42 Å². The summed E-state index contributed by atoms with van der Waals surface area (Å²) in [5, 5.41) is 20.8. The van der Waals surface area contributed by atoms with E-state index in [0.29, 0.717) is 6.42 Å². The number of aliphatic hydroxyl groups is 2. The molecule has 20 heavy (non-hydrogen) atoms. The van der Waals surface area contributed by atoms with Gasteiger partial charge in [0.15, 0.2) is 0 Å². The van der Waals surface area contributed by atoms with Crippen LogP contribution in [0.4, 0.5) is 0 Å². The number of rotatable bonds is 4. The Labute approximate surface area is 120 Å². The highest BCUT2D eigenvalue weighted by molar-refractivity contribution is 5.39. The number of ether oxygens (including phenoxy) is 1. The van der Waals surface area contributed by atoms with E-state index >= 15 is 0 Å². The first-order chi connectivity index (χ1) is 9.67. The lowest BCUT2D eigenvalue weighted by atomic mass is 9.79. The minimum Gasteiger partial charge on any atom is -0.493 e. The van der Waals surface area contributed by atoms with Gasteiger partial charge in [0.1, 0.15) is 5.75 Å². The summed E-state index contributed by atoms with van der Waals surface area (Å²) in [7, 11) is 0. The van der Waals surface area contributed by atoms with Gasteiger partial charge in [-0.05, 0) is 42.9 Å². The van der Waals surface area contributed by atoms with E-state index in [4.69, 9.17) is 4.74 Å². The quantitative estimate of drug-likeness (QED) is 0.888. The van der Waals surface area contributed by atoms with E-state index in [1.54, 1.807) is 0 Å². The van der Waals surface area contributed by atoms with Crippen molar-refractivity contribution < 1.29 is 14.9 Å². The van der Waals surface area contributed by atoms with Gasteiger partial charge in [0.2, 0.25) is 0 Å². The average molecular weight is 276 g/mol. The molecule has 1 aliphatic carbocycles. The number of hydrogen-bond donors (Lipinski definition) is 2. The fourth-order valence-corrected chi connectivity index (χ4v) is 3.46. The predicted octanol–water partition coefficient (Wildman–Crippen LogP) is 2.61. The van der Waals surface area contributed by atoms with E-state index in [-0.39, 0.29) is 0 Å². The highest BCUT2D eigenvalue weighted by Gasteiger charge is 2.36. The van der Waals surface area contributed by atoms with Crippen molar-refractivity contribution in [2.24, 2.45) is 0 Å². The second-order valence-electron chi connectivity index (χ2n) is 6.26. The molecule has 2 aliphatic rings. The molecule has 1 heterocycles. The van der Waals surface area contributed by atoms with Crippen molar-refractivity contribution in [2.75, 3.05) is 6.61 Å². The van der Waals surface area contributed by atoms with Crippen LogP contribution in [-0.4, -0.2) is 28.5 Å². The Morgan fingerprint density at radius 1 is 1.20 bits per heavy atom. The predicted molar refractivity (Wildman–Crippen MR) is 78.0 cm³/mol. The number of fused-ring (bicyclic) bond motifs is 1. The van der Waals surface area contributed by atoms with Gasteiger partial charge in [0.25, 0.3) is 0 Å². The van der Waals surface area contributed by atoms with Gasteiger partial charge < -0.3 is 14.9 Å². The SMILES string of the molecule is OC(CCc1ccc2c(c1)CCO2)C1(O)CCCCC1. The van der Waals surface area contributed by atoms with Crippen LogP contribution in [0.2, 0.25) is 0 Å². The average Bonchev–Trinajstić information content (AvgIpc) is 2.93. The molecule has 0 bridgehead atoms. The summed E-state index contributed by atoms with van der Waals surface area (Å²) < 4.78 is 5.50. The molecule has 3 rings (SSSR count). The second-order valence-corrected chi connectivity index (χ2v) is 6.26. The van der Waals surface area contributed by atoms with E-state index in [1.165, 1.54) is 17.5 Å². The monoisotopic (exact) mass is 276 g/mol. The zero-order valence-corrected chi connectivity index (χ0v) is 12.0. The van der Waals surface area contributed by atoms with Crippen molar-refractivity contribution >= 4 is 0 Å². The van der Waals surface area contributed by atoms with Crippen LogP contribution in [0.3, 0.4) is 0 Å². The van der Waals surface area contributed by atoms with E-state index in [9.17, 15) is 10.2 Å². The molecule has 0 saturated heterocycles. The van der Waals surface area contributed by atoms with E-state index < -0.39 is 11.7 Å². The molecule has 110 valence electrons. The van der Waals surface area contributed by atoms with Crippen LogP contribution in [0.15, 0.2) is 18.2 Å². The number of hydrogen-bond acceptors (Lipinski definition) is 3. The molecular formula is C17H24O3. The van der Waals surface area contributed by atoms with Gasteiger partial charge in [-0.2, -0.15) is 0 Å². The van der Waals surface area contributed by atoms with Crippen LogP contribution in [0.5, 0.6) is 5.75 Å². The highest BCUT2D eigenvalue weighted by atomic mass is 16.5. The third-order valence-corrected chi connectivity index (χ3v) is 4.80. The lowest BCUT2D eigenvalue weighted by Gasteiger charge is -2.36. The molecule has 1 saturated carbocycles. The minimum absolute atomic E-state index is 0.604. The van der Waals surface area contributed by atoms with E-state index in [1.807, 2.05) is 6.07 Å². The van der Waals surface area contributed by atoms with Gasteiger partial charge in [-0.1, -0.05) is 31.4 Å². The first-order valence-corrected chi connectivity index (χ1v) is 7.82. The zero-order chi connectivity index (χ0) is 14.0. The molecule has 1 fully saturated rings. The first kappa shape index (κ1) is 13.9. The smallest absolute Gasteiger partial charge is 0.122 e. The van der Waals surface area contributed by atoms with E-state index in [2.05, 4.69) is 12.1 Å². The van der Waals surface area contributed by atoms with Crippen LogP contribution in [0.25, 0.3) is 0 Å². The number of benzene rings is 1. The van der Waals surface area contributed by atoms with Crippen LogP contribution in [-0.2, 0) is 12.8 Å². The first-order valence-electron chi connectivity index (χ1n) is 7.82. The Bertz CT molecular complexity index is 463. The fourth-order valence-electron chi connectivity index (χ4n) is 3.46. The summed E-state index contributed by atoms with van der Waals surface area (Å²) in [4.78, 5) is 0. The Balaban J connectivity index is 1.58. The van der Waals surface area contributed by atoms with Crippen molar-refractivity contribution in [3.8, 4) is 5.75 Å². The highest BCUT2D eigenvalue weighted by Crippen LogP contribution is 2.33. The van der Waals surface area contributed by atoms with Crippen molar-refractivity contribution in [3.63, 3.8) is 0 Å². The van der Waals surface area contributed by atoms with Crippen LogP contribution < -0.4 is 4.74 Å². The summed E-state index contributed by atoms with van der Waals surface area (Å²) in [5.74, 6) is 1.00. The van der Waals surface area contributed by atoms with Crippen molar-refractivity contribution in [1.29, 1.82) is 0 Å². The Morgan fingerprint density at radius 3 is 2.80 bits per heavy atom. The second kappa shape index (κ2) is 5.74. The van der Waals surface area contributed by atoms with Crippen molar-refractivity contribution in [3.05, 3.63) is 29.3 Å². The molecule has 1 atom stereocenters. The van der Waals surface area contributed by atoms with Gasteiger partial charge in [-0.15, -0.1) is 0 Å². The lowest BCUT2D eigenvalue weighted by molar-refractivity contribution is -0.0992. The Kier molecular flexibility index (Phi) is 3.99. The molecular weight excluding hydrogens is 252 g/mol. The molecule has 1 unspecified atom stereocenters. The molecule has 0 amide bonds. The number of aryl methyl sites for hydroxylation is 1. The molecule has 1 aliphatic heterocycles. The summed E-state index contributed by atoms with van der Waals surface area (Å²) in [6.07, 6.45) is 6.56. The fraction of sp³-hybridized carbons (Fsp3) is 0.647. The van der Waals surface area contributed by atoms with E-state index in [0.717, 1.165) is 50.9 Å². The van der Waals surface area contributed by atoms with Crippen molar-refractivity contribution in [1.82, 2.24) is 0 Å². The molecule has 3 heteroatoms. The van der Waals surface area contributed by atoms with Crippen LogP contribution in [0, 0.1) is 0 Å². The van der Waals surface area contributed by atoms with Crippen molar-refractivity contribution in [2.45, 2.75) is 63.1 Å². The van der Waals surface area contributed by atoms with Gasteiger partial charge in [-0.25, -0.2) is 0 Å². The Hall–Kier alpha value is -1.06. The Morgan fingerprint density at radius 2 is 2.00 bits per heavy atom. The molecule has 1 aromatic rings. The molecule has 0 spiro atoms. The summed E-state index contributed by atoms with van der Waals surface area (Å²) in [6, 6.07) is 6.28. The lowest BCUT2D eigenvalue weighted by Crippen LogP contribution is -2.44. The number of aliphatic hydroxyl groups excluding tert-OH is 1. The maximum Gasteiger partial charge on any atom is 0.122 e. The molecule has 1 aromatic carbocycles. The topological polar surface area (TPSA) is 49.7 Å². The standard InChI is InChI=1S/C17H24O3/c18-16(17(19)9-2-1-3-10-17)7-5-13-4-6-15-14(12-13)8-11-20-15/h4,6,12,16,18-19H,1-3,5,7-11H2. The maximum absolute atomic E-state index is 10.5. The normalized spacial score (nSPS) is 22.1. The van der Waals surface area contributed by atoms with Gasteiger partial charge in [0.05, 0.1) is 18.3 Å². The summed E-state index contributed by atoms with van der Waals surface area (Å²) in [6.45, 7) is 0.779. The third kappa shape index (κ3) is 2.84. The third-order valence-electron chi connectivity index (χ3n) is 4.80. The summed E-state index contributed by atoms with van der Waals surface area (Å²) >= 11 is 0. The summed E-state index contributed by atoms with van der Waals surface area (Å²) in [5.41, 5.74) is 1.65. The molecule has 0 radical (unpaired) electrons. The molecule has 3 nitrogen and oxygen atoms in total. The van der Waals surface area contributed by atoms with Gasteiger partial charge >= 0.3 is 0 Å². The van der Waals surface area contributed by atoms with Crippen LogP contribution >= 0.6 is 0 Å². The zero-order valence-electron chi connectivity index (χ0n) is 12.0. The molecule has 2 N–H and O–H groups in total. The van der Waals surface area contributed by atoms with Gasteiger partial charge in [-0.3, -0.25) is 0 Å². The maximum atomic E-state index is 10.5. The van der Waals surface area contributed by atoms with Crippen LogP contribution in [0.1, 0.15) is 49.7 Å².